The van der Waals surface area contributed by atoms with Crippen molar-refractivity contribution >= 4 is 0 Å². The lowest BCUT2D eigenvalue weighted by atomic mass is 9.84. The second-order valence-electron chi connectivity index (χ2n) is 7.41. The first kappa shape index (κ1) is 18.5. The zero-order valence-corrected chi connectivity index (χ0v) is 14.8. The maximum Gasteiger partial charge on any atom is 0.104 e. The Labute approximate surface area is 132 Å². The average Bonchev–Trinajstić information content (AvgIpc) is 2.46. The van der Waals surface area contributed by atoms with E-state index in [2.05, 4.69) is 44.1 Å². The molecule has 1 saturated carbocycles. The molecule has 0 heterocycles. The molecule has 1 unspecified atom stereocenters. The van der Waals surface area contributed by atoms with E-state index in [0.29, 0.717) is 6.04 Å². The van der Waals surface area contributed by atoms with Gasteiger partial charge in [-0.2, -0.15) is 5.26 Å². The van der Waals surface area contributed by atoms with Crippen molar-refractivity contribution in [2.45, 2.75) is 90.3 Å². The van der Waals surface area contributed by atoms with Crippen LogP contribution in [0, 0.1) is 17.2 Å². The number of hydrogen-bond donors (Lipinski definition) is 1. The fraction of sp³-hybridized carbons (Fsp3) is 0.944. The van der Waals surface area contributed by atoms with Gasteiger partial charge in [0, 0.05) is 12.1 Å². The molecule has 1 atom stereocenters. The molecule has 0 amide bonds. The van der Waals surface area contributed by atoms with Crippen LogP contribution in [0.5, 0.6) is 0 Å². The third-order valence-corrected chi connectivity index (χ3v) is 5.06. The SMILES string of the molecule is CCC1CCC(N(C)CCCC(C)(C#N)NC(C)C)CC1. The van der Waals surface area contributed by atoms with Crippen molar-refractivity contribution in [2.75, 3.05) is 13.6 Å². The molecule has 3 heteroatoms. The van der Waals surface area contributed by atoms with Crippen LogP contribution in [0.4, 0.5) is 0 Å². The molecule has 0 aromatic heterocycles. The van der Waals surface area contributed by atoms with Crippen LogP contribution in [-0.4, -0.2) is 36.1 Å². The van der Waals surface area contributed by atoms with Crippen LogP contribution in [0.15, 0.2) is 0 Å². The summed E-state index contributed by atoms with van der Waals surface area (Å²) in [4.78, 5) is 2.53. The van der Waals surface area contributed by atoms with Gasteiger partial charge in [0.1, 0.15) is 5.54 Å². The van der Waals surface area contributed by atoms with Crippen LogP contribution >= 0.6 is 0 Å². The van der Waals surface area contributed by atoms with Crippen molar-refractivity contribution in [2.24, 2.45) is 5.92 Å². The van der Waals surface area contributed by atoms with Gasteiger partial charge >= 0.3 is 0 Å². The maximum atomic E-state index is 9.38. The number of rotatable bonds is 8. The van der Waals surface area contributed by atoms with Crippen LogP contribution in [0.25, 0.3) is 0 Å². The zero-order valence-electron chi connectivity index (χ0n) is 14.8. The summed E-state index contributed by atoms with van der Waals surface area (Å²) < 4.78 is 0. The number of hydrogen-bond acceptors (Lipinski definition) is 3. The maximum absolute atomic E-state index is 9.38. The Morgan fingerprint density at radius 3 is 2.38 bits per heavy atom. The van der Waals surface area contributed by atoms with E-state index in [-0.39, 0.29) is 5.54 Å². The molecular weight excluding hydrogens is 258 g/mol. The minimum atomic E-state index is -0.380. The van der Waals surface area contributed by atoms with Gasteiger partial charge in [-0.3, -0.25) is 5.32 Å². The summed E-state index contributed by atoms with van der Waals surface area (Å²) in [6, 6.07) is 3.57. The van der Waals surface area contributed by atoms with E-state index in [1.165, 1.54) is 32.1 Å². The van der Waals surface area contributed by atoms with E-state index in [1.807, 2.05) is 6.92 Å². The first-order valence-corrected chi connectivity index (χ1v) is 8.79. The molecule has 1 aliphatic rings. The third-order valence-electron chi connectivity index (χ3n) is 5.06. The van der Waals surface area contributed by atoms with Crippen LogP contribution in [-0.2, 0) is 0 Å². The molecule has 1 N–H and O–H groups in total. The summed E-state index contributed by atoms with van der Waals surface area (Å²) in [6.45, 7) is 9.67. The van der Waals surface area contributed by atoms with E-state index in [1.54, 1.807) is 0 Å². The minimum absolute atomic E-state index is 0.358. The van der Waals surface area contributed by atoms with Gasteiger partial charge in [-0.1, -0.05) is 13.3 Å². The predicted octanol–water partition coefficient (Wildman–Crippen LogP) is 3.95. The molecule has 0 spiro atoms. The summed E-state index contributed by atoms with van der Waals surface area (Å²) in [5.74, 6) is 0.965. The summed E-state index contributed by atoms with van der Waals surface area (Å²) in [5, 5.41) is 12.8. The van der Waals surface area contributed by atoms with Crippen molar-refractivity contribution < 1.29 is 0 Å². The molecule has 0 bridgehead atoms. The normalized spacial score (nSPS) is 25.8. The Morgan fingerprint density at radius 2 is 1.90 bits per heavy atom. The van der Waals surface area contributed by atoms with E-state index in [0.717, 1.165) is 31.3 Å². The van der Waals surface area contributed by atoms with Gasteiger partial charge in [0.25, 0.3) is 0 Å². The predicted molar refractivity (Wildman–Crippen MR) is 90.2 cm³/mol. The molecule has 1 rings (SSSR count). The van der Waals surface area contributed by atoms with Crippen LogP contribution < -0.4 is 5.32 Å². The van der Waals surface area contributed by atoms with Gasteiger partial charge in [-0.15, -0.1) is 0 Å². The highest BCUT2D eigenvalue weighted by Gasteiger charge is 2.26. The van der Waals surface area contributed by atoms with E-state index in [4.69, 9.17) is 0 Å². The topological polar surface area (TPSA) is 39.1 Å². The van der Waals surface area contributed by atoms with Crippen molar-refractivity contribution in [3.05, 3.63) is 0 Å². The van der Waals surface area contributed by atoms with Crippen molar-refractivity contribution in [3.8, 4) is 6.07 Å². The highest BCUT2D eigenvalue weighted by Crippen LogP contribution is 2.29. The van der Waals surface area contributed by atoms with Gasteiger partial charge in [-0.05, 0) is 78.8 Å². The molecule has 122 valence electrons. The van der Waals surface area contributed by atoms with Crippen LogP contribution in [0.2, 0.25) is 0 Å². The second kappa shape index (κ2) is 8.76. The van der Waals surface area contributed by atoms with Crippen LogP contribution in [0.1, 0.15) is 72.6 Å². The first-order valence-electron chi connectivity index (χ1n) is 8.79. The third kappa shape index (κ3) is 6.36. The number of nitriles is 1. The Balaban J connectivity index is 2.30. The highest BCUT2D eigenvalue weighted by atomic mass is 15.1. The molecule has 3 nitrogen and oxygen atoms in total. The number of nitrogens with zero attached hydrogens (tertiary/aromatic N) is 2. The van der Waals surface area contributed by atoms with Gasteiger partial charge in [0.05, 0.1) is 6.07 Å². The molecule has 0 saturated heterocycles. The highest BCUT2D eigenvalue weighted by molar-refractivity contribution is 5.04. The fourth-order valence-corrected chi connectivity index (χ4v) is 3.66. The average molecular weight is 293 g/mol. The Morgan fingerprint density at radius 1 is 1.29 bits per heavy atom. The van der Waals surface area contributed by atoms with Crippen molar-refractivity contribution in [1.29, 1.82) is 5.26 Å². The minimum Gasteiger partial charge on any atom is -0.303 e. The van der Waals surface area contributed by atoms with Gasteiger partial charge in [0.2, 0.25) is 0 Å². The molecular formula is C18H35N3. The summed E-state index contributed by atoms with van der Waals surface area (Å²) in [5.41, 5.74) is -0.380. The summed E-state index contributed by atoms with van der Waals surface area (Å²) >= 11 is 0. The fourth-order valence-electron chi connectivity index (χ4n) is 3.66. The van der Waals surface area contributed by atoms with Crippen LogP contribution in [0.3, 0.4) is 0 Å². The molecule has 0 aliphatic heterocycles. The summed E-state index contributed by atoms with van der Waals surface area (Å²) in [7, 11) is 2.26. The Hall–Kier alpha value is -0.590. The van der Waals surface area contributed by atoms with Gasteiger partial charge < -0.3 is 4.90 Å². The first-order chi connectivity index (χ1) is 9.90. The second-order valence-corrected chi connectivity index (χ2v) is 7.41. The van der Waals surface area contributed by atoms with Crippen molar-refractivity contribution in [1.82, 2.24) is 10.2 Å². The lowest BCUT2D eigenvalue weighted by Crippen LogP contribution is -2.45. The summed E-state index contributed by atoms with van der Waals surface area (Å²) in [6.07, 6.45) is 8.87. The quantitative estimate of drug-likeness (QED) is 0.736. The molecule has 0 radical (unpaired) electrons. The Kier molecular flexibility index (Phi) is 7.70. The molecule has 0 aromatic carbocycles. The van der Waals surface area contributed by atoms with E-state index >= 15 is 0 Å². The van der Waals surface area contributed by atoms with Gasteiger partial charge in [0.15, 0.2) is 0 Å². The van der Waals surface area contributed by atoms with Crippen molar-refractivity contribution in [3.63, 3.8) is 0 Å². The Bertz CT molecular complexity index is 326. The van der Waals surface area contributed by atoms with Gasteiger partial charge in [-0.25, -0.2) is 0 Å². The molecule has 0 aromatic rings. The van der Waals surface area contributed by atoms with E-state index in [9.17, 15) is 5.26 Å². The lowest BCUT2D eigenvalue weighted by molar-refractivity contribution is 0.158. The molecule has 21 heavy (non-hydrogen) atoms. The van der Waals surface area contributed by atoms with E-state index < -0.39 is 0 Å². The monoisotopic (exact) mass is 293 g/mol. The smallest absolute Gasteiger partial charge is 0.104 e. The standard InChI is InChI=1S/C18H35N3/c1-6-16-8-10-17(11-9-16)21(5)13-7-12-18(4,14-19)20-15(2)3/h15-17,20H,6-13H2,1-5H3. The largest absolute Gasteiger partial charge is 0.303 e. The number of nitrogens with one attached hydrogen (secondary N) is 1. The zero-order chi connectivity index (χ0) is 15.9. The molecule has 1 fully saturated rings. The molecule has 1 aliphatic carbocycles. The lowest BCUT2D eigenvalue weighted by Gasteiger charge is -2.35.